The van der Waals surface area contributed by atoms with Crippen molar-refractivity contribution in [2.75, 3.05) is 0 Å². The third kappa shape index (κ3) is 4.25. The molecule has 0 N–H and O–H groups in total. The van der Waals surface area contributed by atoms with Crippen molar-refractivity contribution >= 4 is 65.7 Å². The lowest BCUT2D eigenvalue weighted by molar-refractivity contribution is 0.667. The summed E-state index contributed by atoms with van der Waals surface area (Å²) in [6.07, 6.45) is 3.52. The minimum atomic E-state index is 0.548. The van der Waals surface area contributed by atoms with Gasteiger partial charge in [-0.15, -0.1) is 0 Å². The molecule has 0 saturated heterocycles. The van der Waals surface area contributed by atoms with Gasteiger partial charge in [-0.05, 0) is 66.7 Å². The monoisotopic (exact) mass is 655 g/mol. The molecule has 11 aromatic rings. The van der Waals surface area contributed by atoms with Crippen LogP contribution < -0.4 is 0 Å². The van der Waals surface area contributed by atoms with E-state index in [9.17, 15) is 0 Å². The van der Waals surface area contributed by atoms with Gasteiger partial charge in [0.15, 0.2) is 23.1 Å². The minimum Gasteiger partial charge on any atom is -0.456 e. The van der Waals surface area contributed by atoms with E-state index in [1.165, 1.54) is 10.8 Å². The van der Waals surface area contributed by atoms with Crippen molar-refractivity contribution in [3.63, 3.8) is 0 Å². The van der Waals surface area contributed by atoms with Gasteiger partial charge in [0.1, 0.15) is 16.7 Å². The molecule has 5 aromatic heterocycles. The van der Waals surface area contributed by atoms with Crippen molar-refractivity contribution in [2.24, 2.45) is 0 Å². The van der Waals surface area contributed by atoms with Crippen LogP contribution >= 0.6 is 0 Å². The first kappa shape index (κ1) is 27.8. The number of nitrogens with zero attached hydrogens (tertiary/aromatic N) is 5. The lowest BCUT2D eigenvalue weighted by Gasteiger charge is -2.11. The van der Waals surface area contributed by atoms with E-state index in [-0.39, 0.29) is 0 Å². The highest BCUT2D eigenvalue weighted by Crippen LogP contribution is 2.38. The van der Waals surface area contributed by atoms with Crippen LogP contribution in [0, 0.1) is 0 Å². The van der Waals surface area contributed by atoms with E-state index in [4.69, 9.17) is 23.8 Å². The molecule has 0 saturated carbocycles. The van der Waals surface area contributed by atoms with Gasteiger partial charge in [0.2, 0.25) is 0 Å². The lowest BCUT2D eigenvalue weighted by atomic mass is 10.1. The fourth-order valence-corrected chi connectivity index (χ4v) is 7.45. The number of hydrogen-bond acceptors (Lipinski definition) is 6. The molecule has 0 spiro atoms. The summed E-state index contributed by atoms with van der Waals surface area (Å²) < 4.78 is 14.7. The molecule has 7 nitrogen and oxygen atoms in total. The summed E-state index contributed by atoms with van der Waals surface area (Å²) in [7, 11) is 0. The maximum absolute atomic E-state index is 6.24. The van der Waals surface area contributed by atoms with Crippen LogP contribution in [0.3, 0.4) is 0 Å². The number of benzene rings is 6. The fraction of sp³-hybridized carbons (Fsp3) is 0. The van der Waals surface area contributed by atoms with Gasteiger partial charge in [-0.1, -0.05) is 72.8 Å². The predicted molar refractivity (Wildman–Crippen MR) is 203 cm³/mol. The molecule has 7 heteroatoms. The molecule has 5 heterocycles. The normalized spacial score (nSPS) is 11.9. The Labute approximate surface area is 290 Å². The van der Waals surface area contributed by atoms with Gasteiger partial charge in [-0.25, -0.2) is 15.0 Å². The van der Waals surface area contributed by atoms with Crippen LogP contribution in [0.5, 0.6) is 0 Å². The Morgan fingerprint density at radius 1 is 0.431 bits per heavy atom. The van der Waals surface area contributed by atoms with E-state index >= 15 is 0 Å². The molecule has 11 rings (SSSR count). The van der Waals surface area contributed by atoms with Gasteiger partial charge in [0, 0.05) is 60.9 Å². The van der Waals surface area contributed by atoms with Gasteiger partial charge < -0.3 is 13.4 Å². The molecule has 0 atom stereocenters. The van der Waals surface area contributed by atoms with Crippen molar-refractivity contribution < 1.29 is 8.83 Å². The van der Waals surface area contributed by atoms with Crippen LogP contribution in [-0.4, -0.2) is 24.5 Å². The Morgan fingerprint density at radius 2 is 1.06 bits per heavy atom. The minimum absolute atomic E-state index is 0.548. The van der Waals surface area contributed by atoms with Crippen LogP contribution in [-0.2, 0) is 0 Å². The molecule has 0 fully saturated rings. The third-order valence-corrected chi connectivity index (χ3v) is 9.78. The van der Waals surface area contributed by atoms with E-state index in [0.717, 1.165) is 77.3 Å². The van der Waals surface area contributed by atoms with Gasteiger partial charge in [-0.2, -0.15) is 0 Å². The first-order valence-electron chi connectivity index (χ1n) is 16.8. The Morgan fingerprint density at radius 3 is 1.86 bits per heavy atom. The average molecular weight is 656 g/mol. The lowest BCUT2D eigenvalue weighted by Crippen LogP contribution is -2.01. The van der Waals surface area contributed by atoms with Gasteiger partial charge in [-0.3, -0.25) is 4.98 Å². The van der Waals surface area contributed by atoms with Crippen molar-refractivity contribution in [3.8, 4) is 39.9 Å². The van der Waals surface area contributed by atoms with Crippen LogP contribution in [0.4, 0.5) is 0 Å². The first-order chi connectivity index (χ1) is 25.3. The van der Waals surface area contributed by atoms with Gasteiger partial charge in [0.05, 0.1) is 17.2 Å². The molecule has 238 valence electrons. The van der Waals surface area contributed by atoms with Crippen molar-refractivity contribution in [2.45, 2.75) is 0 Å². The second-order valence-electron chi connectivity index (χ2n) is 12.7. The second-order valence-corrected chi connectivity index (χ2v) is 12.7. The summed E-state index contributed by atoms with van der Waals surface area (Å²) in [4.78, 5) is 19.5. The molecule has 0 radical (unpaired) electrons. The number of hydrogen-bond donors (Lipinski definition) is 0. The van der Waals surface area contributed by atoms with Crippen molar-refractivity contribution in [1.29, 1.82) is 0 Å². The molecule has 0 aliphatic heterocycles. The Kier molecular flexibility index (Phi) is 5.83. The zero-order valence-electron chi connectivity index (χ0n) is 27.0. The van der Waals surface area contributed by atoms with E-state index in [0.29, 0.717) is 17.5 Å². The largest absolute Gasteiger partial charge is 0.456 e. The smallest absolute Gasteiger partial charge is 0.164 e. The molecule has 0 aliphatic carbocycles. The van der Waals surface area contributed by atoms with E-state index in [1.807, 2.05) is 54.6 Å². The van der Waals surface area contributed by atoms with Crippen molar-refractivity contribution in [3.05, 3.63) is 152 Å². The maximum atomic E-state index is 6.24. The molecular formula is C44H25N5O2. The molecule has 0 bridgehead atoms. The molecular weight excluding hydrogens is 631 g/mol. The molecule has 51 heavy (non-hydrogen) atoms. The second kappa shape index (κ2) is 10.7. The zero-order valence-corrected chi connectivity index (χ0v) is 27.0. The van der Waals surface area contributed by atoms with Crippen LogP contribution in [0.1, 0.15) is 0 Å². The maximum Gasteiger partial charge on any atom is 0.164 e. The highest BCUT2D eigenvalue weighted by atomic mass is 16.3. The SMILES string of the molecule is c1ccc2c(c1)oc1cccc(-c3nc(-c4ccc(-n5c6ccccc6c6ccccc65)cc4)nc(-c4ccc5c(c4)oc4cnccc45)n3)c12. The standard InChI is InChI=1S/C44H25N5O2/c1-4-12-35-29(8-1)30-9-2-5-13-36(30)49(35)28-19-16-26(17-20-28)42-46-43(27-18-21-31-32-22-23-45-25-40(32)51-39(31)24-27)48-44(47-42)34-11-7-15-38-41(34)33-10-3-6-14-37(33)50-38/h1-25H. The van der Waals surface area contributed by atoms with Gasteiger partial charge in [0.25, 0.3) is 0 Å². The van der Waals surface area contributed by atoms with Crippen LogP contribution in [0.2, 0.25) is 0 Å². The molecule has 0 amide bonds. The number of para-hydroxylation sites is 3. The fourth-order valence-electron chi connectivity index (χ4n) is 7.45. The average Bonchev–Trinajstić information content (AvgIpc) is 3.87. The number of furan rings is 2. The quantitative estimate of drug-likeness (QED) is 0.188. The summed E-state index contributed by atoms with van der Waals surface area (Å²) in [6.45, 7) is 0. The summed E-state index contributed by atoms with van der Waals surface area (Å²) in [5.41, 5.74) is 9.05. The number of fused-ring (bicyclic) bond motifs is 9. The molecule has 6 aromatic carbocycles. The topological polar surface area (TPSA) is 82.8 Å². The van der Waals surface area contributed by atoms with E-state index in [1.54, 1.807) is 12.4 Å². The molecule has 0 unspecified atom stereocenters. The van der Waals surface area contributed by atoms with Crippen LogP contribution in [0.15, 0.2) is 161 Å². The summed E-state index contributed by atoms with van der Waals surface area (Å²) in [6, 6.07) is 47.7. The number of pyridine rings is 1. The van der Waals surface area contributed by atoms with E-state index < -0.39 is 0 Å². The summed E-state index contributed by atoms with van der Waals surface area (Å²) in [5, 5.41) is 6.47. The van der Waals surface area contributed by atoms with Gasteiger partial charge >= 0.3 is 0 Å². The highest BCUT2D eigenvalue weighted by Gasteiger charge is 2.19. The number of aromatic nitrogens is 5. The Hall–Kier alpha value is -7.12. The van der Waals surface area contributed by atoms with E-state index in [2.05, 4.69) is 94.5 Å². The molecule has 0 aliphatic rings. The first-order valence-corrected chi connectivity index (χ1v) is 16.8. The Bertz CT molecular complexity index is 3100. The summed E-state index contributed by atoms with van der Waals surface area (Å²) >= 11 is 0. The third-order valence-electron chi connectivity index (χ3n) is 9.78. The Balaban J connectivity index is 1.11. The van der Waals surface area contributed by atoms with Crippen molar-refractivity contribution in [1.82, 2.24) is 24.5 Å². The number of rotatable bonds is 4. The highest BCUT2D eigenvalue weighted by molar-refractivity contribution is 6.12. The zero-order chi connectivity index (χ0) is 33.5. The predicted octanol–water partition coefficient (Wildman–Crippen LogP) is 11.2. The summed E-state index contributed by atoms with van der Waals surface area (Å²) in [5.74, 6) is 1.68. The van der Waals surface area contributed by atoms with Crippen LogP contribution in [0.25, 0.3) is 106 Å².